The van der Waals surface area contributed by atoms with E-state index in [-0.39, 0.29) is 11.7 Å². The molecule has 1 unspecified atom stereocenters. The maximum Gasteiger partial charge on any atom is 0.167 e. The van der Waals surface area contributed by atoms with Crippen LogP contribution in [0.2, 0.25) is 0 Å². The van der Waals surface area contributed by atoms with Gasteiger partial charge in [-0.15, -0.1) is 0 Å². The Morgan fingerprint density at radius 2 is 1.71 bits per heavy atom. The lowest BCUT2D eigenvalue weighted by atomic mass is 9.91. The highest BCUT2D eigenvalue weighted by Gasteiger charge is 2.21. The largest absolute Gasteiger partial charge is 0.457 e. The molecule has 0 amide bonds. The van der Waals surface area contributed by atoms with Crippen LogP contribution >= 0.6 is 0 Å². The van der Waals surface area contributed by atoms with Crippen LogP contribution in [0.15, 0.2) is 54.6 Å². The molecule has 1 atom stereocenters. The van der Waals surface area contributed by atoms with Gasteiger partial charge >= 0.3 is 0 Å². The second-order valence-corrected chi connectivity index (χ2v) is 5.35. The average molecular weight is 281 g/mol. The monoisotopic (exact) mass is 281 g/mol. The Morgan fingerprint density at radius 1 is 1.00 bits per heavy atom. The molecule has 3 nitrogen and oxygen atoms in total. The van der Waals surface area contributed by atoms with Crippen LogP contribution in [0, 0.1) is 5.92 Å². The van der Waals surface area contributed by atoms with Crippen molar-refractivity contribution < 1.29 is 9.53 Å². The maximum atomic E-state index is 12.4. The van der Waals surface area contributed by atoms with Gasteiger partial charge in [-0.1, -0.05) is 18.2 Å². The van der Waals surface area contributed by atoms with E-state index in [1.807, 2.05) is 54.6 Å². The number of piperidine rings is 1. The summed E-state index contributed by atoms with van der Waals surface area (Å²) in [6, 6.07) is 17.1. The minimum atomic E-state index is 0.111. The Balaban J connectivity index is 1.67. The first-order chi connectivity index (χ1) is 10.3. The van der Waals surface area contributed by atoms with E-state index in [1.54, 1.807) is 0 Å². The van der Waals surface area contributed by atoms with Crippen molar-refractivity contribution in [2.45, 2.75) is 12.8 Å². The van der Waals surface area contributed by atoms with Crippen molar-refractivity contribution in [3.05, 3.63) is 60.2 Å². The summed E-state index contributed by atoms with van der Waals surface area (Å²) in [7, 11) is 0. The second-order valence-electron chi connectivity index (χ2n) is 5.35. The van der Waals surface area contributed by atoms with Gasteiger partial charge in [0.2, 0.25) is 0 Å². The molecule has 1 aliphatic heterocycles. The van der Waals surface area contributed by atoms with Crippen LogP contribution in [-0.2, 0) is 0 Å². The van der Waals surface area contributed by atoms with Gasteiger partial charge in [0.1, 0.15) is 11.5 Å². The smallest absolute Gasteiger partial charge is 0.167 e. The molecule has 1 aliphatic rings. The van der Waals surface area contributed by atoms with Gasteiger partial charge < -0.3 is 10.1 Å². The van der Waals surface area contributed by atoms with Gasteiger partial charge in [0.25, 0.3) is 0 Å². The molecule has 0 radical (unpaired) electrons. The molecule has 2 aromatic rings. The topological polar surface area (TPSA) is 38.3 Å². The number of hydrogen-bond acceptors (Lipinski definition) is 3. The van der Waals surface area contributed by atoms with Crippen LogP contribution in [0.4, 0.5) is 0 Å². The molecule has 1 N–H and O–H groups in total. The Kier molecular flexibility index (Phi) is 4.31. The minimum absolute atomic E-state index is 0.111. The van der Waals surface area contributed by atoms with Crippen molar-refractivity contribution in [1.29, 1.82) is 0 Å². The Labute approximate surface area is 124 Å². The maximum absolute atomic E-state index is 12.4. The number of carbonyl (C=O) groups is 1. The van der Waals surface area contributed by atoms with E-state index in [4.69, 9.17) is 4.74 Å². The Morgan fingerprint density at radius 3 is 2.38 bits per heavy atom. The molecule has 0 bridgehead atoms. The third kappa shape index (κ3) is 3.50. The molecule has 0 aromatic heterocycles. The highest BCUT2D eigenvalue weighted by Crippen LogP contribution is 2.23. The number of ether oxygens (including phenoxy) is 1. The predicted octanol–water partition coefficient (Wildman–Crippen LogP) is 3.66. The lowest BCUT2D eigenvalue weighted by molar-refractivity contribution is 0.0899. The van der Waals surface area contributed by atoms with Gasteiger partial charge in [0.05, 0.1) is 0 Å². The second kappa shape index (κ2) is 6.55. The number of nitrogens with one attached hydrogen (secondary N) is 1. The minimum Gasteiger partial charge on any atom is -0.457 e. The number of ketones is 1. The summed E-state index contributed by atoms with van der Waals surface area (Å²) >= 11 is 0. The quantitative estimate of drug-likeness (QED) is 0.869. The zero-order valence-electron chi connectivity index (χ0n) is 11.9. The van der Waals surface area contributed by atoms with Crippen LogP contribution < -0.4 is 10.1 Å². The van der Waals surface area contributed by atoms with Gasteiger partial charge in [0, 0.05) is 18.0 Å². The number of Topliss-reactive ketones (excluding diaryl/α,β-unsaturated/α-hetero) is 1. The van der Waals surface area contributed by atoms with E-state index >= 15 is 0 Å². The van der Waals surface area contributed by atoms with Crippen LogP contribution in [0.3, 0.4) is 0 Å². The fourth-order valence-corrected chi connectivity index (χ4v) is 2.62. The summed E-state index contributed by atoms with van der Waals surface area (Å²) in [6.45, 7) is 1.81. The molecule has 3 rings (SSSR count). The molecule has 21 heavy (non-hydrogen) atoms. The molecule has 0 aliphatic carbocycles. The van der Waals surface area contributed by atoms with Gasteiger partial charge in [-0.25, -0.2) is 0 Å². The van der Waals surface area contributed by atoms with Crippen molar-refractivity contribution in [2.75, 3.05) is 13.1 Å². The summed E-state index contributed by atoms with van der Waals surface area (Å²) in [5, 5.41) is 3.28. The van der Waals surface area contributed by atoms with Gasteiger partial charge in [0.15, 0.2) is 5.78 Å². The first kappa shape index (κ1) is 13.8. The van der Waals surface area contributed by atoms with E-state index in [1.165, 1.54) is 0 Å². The Bertz CT molecular complexity index is 586. The van der Waals surface area contributed by atoms with Crippen molar-refractivity contribution >= 4 is 5.78 Å². The molecule has 1 saturated heterocycles. The molecular weight excluding hydrogens is 262 g/mol. The summed E-state index contributed by atoms with van der Waals surface area (Å²) < 4.78 is 5.73. The van der Waals surface area contributed by atoms with E-state index in [2.05, 4.69) is 5.32 Å². The molecule has 108 valence electrons. The molecule has 1 fully saturated rings. The molecule has 0 saturated carbocycles. The third-order valence-corrected chi connectivity index (χ3v) is 3.79. The molecule has 0 spiro atoms. The Hall–Kier alpha value is -2.13. The summed E-state index contributed by atoms with van der Waals surface area (Å²) in [5.74, 6) is 1.89. The molecule has 3 heteroatoms. The van der Waals surface area contributed by atoms with Crippen molar-refractivity contribution in [3.63, 3.8) is 0 Å². The average Bonchev–Trinajstić information content (AvgIpc) is 2.57. The van der Waals surface area contributed by atoms with E-state index in [0.717, 1.165) is 43.0 Å². The number of benzene rings is 2. The highest BCUT2D eigenvalue weighted by molar-refractivity contribution is 5.98. The lowest BCUT2D eigenvalue weighted by Crippen LogP contribution is -2.34. The zero-order valence-corrected chi connectivity index (χ0v) is 11.9. The van der Waals surface area contributed by atoms with Crippen LogP contribution in [0.1, 0.15) is 23.2 Å². The first-order valence-corrected chi connectivity index (χ1v) is 7.41. The fourth-order valence-electron chi connectivity index (χ4n) is 2.62. The van der Waals surface area contributed by atoms with Crippen LogP contribution in [0.5, 0.6) is 11.5 Å². The van der Waals surface area contributed by atoms with E-state index in [9.17, 15) is 4.79 Å². The summed E-state index contributed by atoms with van der Waals surface area (Å²) in [5.41, 5.74) is 0.768. The lowest BCUT2D eigenvalue weighted by Gasteiger charge is -2.21. The fraction of sp³-hybridized carbons (Fsp3) is 0.278. The third-order valence-electron chi connectivity index (χ3n) is 3.79. The highest BCUT2D eigenvalue weighted by atomic mass is 16.5. The van der Waals surface area contributed by atoms with E-state index < -0.39 is 0 Å². The van der Waals surface area contributed by atoms with Gasteiger partial charge in [-0.3, -0.25) is 4.79 Å². The number of para-hydroxylation sites is 1. The van der Waals surface area contributed by atoms with Crippen molar-refractivity contribution in [1.82, 2.24) is 5.32 Å². The van der Waals surface area contributed by atoms with Crippen LogP contribution in [-0.4, -0.2) is 18.9 Å². The van der Waals surface area contributed by atoms with Crippen LogP contribution in [0.25, 0.3) is 0 Å². The summed E-state index contributed by atoms with van der Waals surface area (Å²) in [4.78, 5) is 12.4. The van der Waals surface area contributed by atoms with Crippen molar-refractivity contribution in [3.8, 4) is 11.5 Å². The SMILES string of the molecule is O=C(c1ccc(Oc2ccccc2)cc1)C1CCCNC1. The summed E-state index contributed by atoms with van der Waals surface area (Å²) in [6.07, 6.45) is 2.06. The number of hydrogen-bond donors (Lipinski definition) is 1. The number of rotatable bonds is 4. The first-order valence-electron chi connectivity index (χ1n) is 7.41. The number of carbonyl (C=O) groups excluding carboxylic acids is 1. The normalized spacial score (nSPS) is 18.2. The van der Waals surface area contributed by atoms with Gasteiger partial charge in [-0.2, -0.15) is 0 Å². The molecule has 2 aromatic carbocycles. The standard InChI is InChI=1S/C18H19NO2/c20-18(15-5-4-12-19-13-15)14-8-10-17(11-9-14)21-16-6-2-1-3-7-16/h1-3,6-11,15,19H,4-5,12-13H2. The van der Waals surface area contributed by atoms with Crippen molar-refractivity contribution in [2.24, 2.45) is 5.92 Å². The van der Waals surface area contributed by atoms with Gasteiger partial charge in [-0.05, 0) is 55.8 Å². The van der Waals surface area contributed by atoms with E-state index in [0.29, 0.717) is 0 Å². The zero-order chi connectivity index (χ0) is 14.5. The predicted molar refractivity (Wildman–Crippen MR) is 82.9 cm³/mol. The molecule has 1 heterocycles. The molecular formula is C18H19NO2.